The molecular formula is C20H34N4O3S. The number of benzene rings is 1. The number of nitrogens with zero attached hydrogens (tertiary/aromatic N) is 2. The molecule has 158 valence electrons. The fourth-order valence-corrected chi connectivity index (χ4v) is 3.17. The van der Waals surface area contributed by atoms with E-state index in [9.17, 15) is 13.2 Å². The molecule has 2 N–H and O–H groups in total. The molecule has 7 nitrogen and oxygen atoms in total. The van der Waals surface area contributed by atoms with E-state index in [1.807, 2.05) is 4.90 Å². The molecule has 1 amide bonds. The lowest BCUT2D eigenvalue weighted by molar-refractivity contribution is -0.114. The van der Waals surface area contributed by atoms with Gasteiger partial charge in [0.05, 0.1) is 9.82 Å². The van der Waals surface area contributed by atoms with Crippen LogP contribution in [-0.4, -0.2) is 64.2 Å². The Hall–Kier alpha value is -1.64. The normalized spacial score (nSPS) is 26.6. The molecule has 0 radical (unpaired) electrons. The van der Waals surface area contributed by atoms with Crippen LogP contribution in [0.4, 0.5) is 11.4 Å². The van der Waals surface area contributed by atoms with Crippen LogP contribution in [0.2, 0.25) is 2.82 Å². The van der Waals surface area contributed by atoms with Crippen molar-refractivity contribution < 1.29 is 35.2 Å². The third kappa shape index (κ3) is 8.16. The van der Waals surface area contributed by atoms with Gasteiger partial charge < -0.3 is 10.2 Å². The number of carbonyl (C=O) groups excluding carboxylic acids is 1. The Kier molecular flexibility index (Phi) is 3.47. The molecule has 0 aliphatic carbocycles. The molecule has 0 bridgehead atoms. The average molecular weight is 427 g/mol. The summed E-state index contributed by atoms with van der Waals surface area (Å²) >= 11 is 0. The number of sulfonamides is 1. The largest absolute Gasteiger partial charge is 0.369 e. The first kappa shape index (κ1) is 9.02. The summed E-state index contributed by atoms with van der Waals surface area (Å²) in [6.07, 6.45) is -0.756. The summed E-state index contributed by atoms with van der Waals surface area (Å²) in [5.41, 5.74) is -4.57. The van der Waals surface area contributed by atoms with Gasteiger partial charge in [0.15, 0.2) is 1.41 Å². The van der Waals surface area contributed by atoms with Crippen LogP contribution in [0.1, 0.15) is 52.7 Å². The molecule has 1 aromatic rings. The fraction of sp³-hybridized carbons (Fsp3) is 0.650. The molecular weight excluding hydrogens is 376 g/mol. The van der Waals surface area contributed by atoms with Crippen LogP contribution in [0, 0.1) is 5.89 Å². The van der Waals surface area contributed by atoms with E-state index >= 15 is 0 Å². The van der Waals surface area contributed by atoms with Crippen LogP contribution in [0.25, 0.3) is 0 Å². The molecule has 1 aromatic carbocycles. The lowest BCUT2D eigenvalue weighted by Crippen LogP contribution is -2.46. The predicted octanol–water partition coefficient (Wildman–Crippen LogP) is 2.12. The third-order valence-corrected chi connectivity index (χ3v) is 4.62. The molecule has 1 aliphatic heterocycles. The fourth-order valence-electron chi connectivity index (χ4n) is 2.60. The summed E-state index contributed by atoms with van der Waals surface area (Å²) in [6, 6.07) is 0.323. The molecule has 0 unspecified atom stereocenters. The lowest BCUT2D eigenvalue weighted by Gasteiger charge is -2.36. The van der Waals surface area contributed by atoms with Crippen molar-refractivity contribution in [3.05, 3.63) is 24.2 Å². The Labute approximate surface area is 192 Å². The monoisotopic (exact) mass is 426 g/mol. The van der Waals surface area contributed by atoms with Crippen LogP contribution < -0.4 is 14.9 Å². The maximum atomic E-state index is 13.0. The van der Waals surface area contributed by atoms with E-state index < -0.39 is 58.9 Å². The summed E-state index contributed by atoms with van der Waals surface area (Å²) in [4.78, 5) is 15.2. The second kappa shape index (κ2) is 10.8. The van der Waals surface area contributed by atoms with Gasteiger partial charge in [-0.3, -0.25) is 9.69 Å². The summed E-state index contributed by atoms with van der Waals surface area (Å²) < 4.78 is 150. The van der Waals surface area contributed by atoms with Gasteiger partial charge >= 0.3 is 0 Å². The molecule has 1 heterocycles. The topological polar surface area (TPSA) is 81.8 Å². The highest BCUT2D eigenvalue weighted by Crippen LogP contribution is 2.21. The maximum Gasteiger partial charge on any atom is 0.221 e. The van der Waals surface area contributed by atoms with Crippen LogP contribution in [0.5, 0.6) is 0 Å². The first-order valence-electron chi connectivity index (χ1n) is 16.5. The van der Waals surface area contributed by atoms with Gasteiger partial charge in [0.1, 0.15) is 1.41 Å². The van der Waals surface area contributed by atoms with Gasteiger partial charge in [0.25, 0.3) is 0 Å². The Morgan fingerprint density at radius 2 is 2.11 bits per heavy atom. The van der Waals surface area contributed by atoms with E-state index in [1.54, 1.807) is 4.90 Å². The van der Waals surface area contributed by atoms with E-state index in [4.69, 9.17) is 22.0 Å². The third-order valence-electron chi connectivity index (χ3n) is 3.79. The van der Waals surface area contributed by atoms with Crippen molar-refractivity contribution in [3.63, 3.8) is 0 Å². The first-order chi connectivity index (χ1) is 19.7. The Balaban J connectivity index is 2.13. The van der Waals surface area contributed by atoms with Crippen molar-refractivity contribution in [1.29, 1.82) is 0 Å². The minimum atomic E-state index is -6.00. The molecule has 0 spiro atoms. The molecule has 0 atom stereocenters. The summed E-state index contributed by atoms with van der Waals surface area (Å²) in [6.45, 7) is -8.69. The SMILES string of the molecule is [2H]c1cc([2H])c(N([2H])C(C)=O)c([2H])c1N1CCN(CCCC([2H])([2H])N([2H])S(=O)(=O)C([2H])([2H])C([2H])(C([2H])([2H])[2H])C([2H])([2H])[2H])CC1. The standard InChI is InChI=1S/C20H34N4O3S/c1-17(2)16-28(26,27)21-9-4-5-10-23-11-13-24(14-12-23)20-8-6-7-19(15-20)22-18(3)25/h6-8,15,17,21H,4-5,9-14,16H2,1-3H3,(H,22,25)/i1D3,2D3,7D,8D,9D2,15D,16D2,17D/hD2. The van der Waals surface area contributed by atoms with E-state index in [0.717, 1.165) is 13.0 Å². The van der Waals surface area contributed by atoms with Crippen molar-refractivity contribution in [2.75, 3.05) is 55.1 Å². The molecule has 0 saturated carbocycles. The molecule has 1 saturated heterocycles. The minimum Gasteiger partial charge on any atom is -0.369 e. The molecule has 8 heteroatoms. The smallest absolute Gasteiger partial charge is 0.221 e. The molecule has 1 aliphatic rings. The predicted molar refractivity (Wildman–Crippen MR) is 115 cm³/mol. The van der Waals surface area contributed by atoms with Gasteiger partial charge in [0.2, 0.25) is 15.9 Å². The van der Waals surface area contributed by atoms with Crippen molar-refractivity contribution in [2.45, 2.75) is 33.5 Å². The van der Waals surface area contributed by atoms with E-state index in [1.165, 1.54) is 0 Å². The number of rotatable bonds is 10. The first-order valence-corrected chi connectivity index (χ1v) is 10.0. The van der Waals surface area contributed by atoms with Crippen molar-refractivity contribution in [2.24, 2.45) is 5.89 Å². The number of hydrogen-bond acceptors (Lipinski definition) is 5. The number of nitrogens with one attached hydrogen (secondary N) is 2. The Bertz CT molecular complexity index is 1320. The quantitative estimate of drug-likeness (QED) is 0.599. The summed E-state index contributed by atoms with van der Waals surface area (Å²) in [5, 5.41) is 0.412. The zero-order valence-electron chi connectivity index (χ0n) is 31.4. The second-order valence-corrected chi connectivity index (χ2v) is 7.36. The van der Waals surface area contributed by atoms with Gasteiger partial charge in [-0.1, -0.05) is 19.8 Å². The van der Waals surface area contributed by atoms with E-state index in [2.05, 4.69) is 0 Å². The van der Waals surface area contributed by atoms with Crippen molar-refractivity contribution in [3.8, 4) is 0 Å². The number of carbonyl (C=O) groups is 1. The highest BCUT2D eigenvalue weighted by Gasteiger charge is 2.17. The second-order valence-electron chi connectivity index (χ2n) is 6.02. The minimum absolute atomic E-state index is 0.0804. The maximum absolute atomic E-state index is 13.0. The van der Waals surface area contributed by atoms with Gasteiger partial charge in [-0.15, -0.1) is 0 Å². The molecule has 1 fully saturated rings. The summed E-state index contributed by atoms with van der Waals surface area (Å²) in [5.74, 6) is -4.96. The summed E-state index contributed by atoms with van der Waals surface area (Å²) in [7, 11) is -6.00. The highest BCUT2D eigenvalue weighted by atomic mass is 32.2. The Morgan fingerprint density at radius 1 is 1.36 bits per heavy atom. The van der Waals surface area contributed by atoms with Crippen molar-refractivity contribution in [1.82, 2.24) is 9.62 Å². The van der Waals surface area contributed by atoms with Gasteiger partial charge in [-0.05, 0) is 43.4 Å². The Morgan fingerprint density at radius 3 is 2.79 bits per heavy atom. The van der Waals surface area contributed by atoms with Crippen LogP contribution >= 0.6 is 0 Å². The molecule has 0 aromatic heterocycles. The zero-order chi connectivity index (χ0) is 34.4. The molecule has 2 rings (SSSR count). The average Bonchev–Trinajstić information content (AvgIpc) is 2.86. The van der Waals surface area contributed by atoms with Gasteiger partial charge in [0, 0.05) is 66.1 Å². The van der Waals surface area contributed by atoms with E-state index in [-0.39, 0.29) is 55.6 Å². The van der Waals surface area contributed by atoms with Crippen LogP contribution in [-0.2, 0) is 14.8 Å². The number of piperazine rings is 1. The lowest BCUT2D eigenvalue weighted by atomic mass is 10.2. The van der Waals surface area contributed by atoms with Crippen LogP contribution in [0.3, 0.4) is 0 Å². The highest BCUT2D eigenvalue weighted by molar-refractivity contribution is 7.89. The molecule has 28 heavy (non-hydrogen) atoms. The van der Waals surface area contributed by atoms with Gasteiger partial charge in [-0.25, -0.2) is 13.1 Å². The van der Waals surface area contributed by atoms with Crippen LogP contribution in [0.15, 0.2) is 24.2 Å². The van der Waals surface area contributed by atoms with Gasteiger partial charge in [-0.2, -0.15) is 0 Å². The number of hydrogen-bond donors (Lipinski definition) is 2. The number of anilines is 2. The van der Waals surface area contributed by atoms with E-state index in [0.29, 0.717) is 18.4 Å². The number of amides is 1. The zero-order valence-corrected chi connectivity index (χ0v) is 16.3. The van der Waals surface area contributed by atoms with Crippen molar-refractivity contribution >= 4 is 27.3 Å².